The average Bonchev–Trinajstić information content (AvgIpc) is 2.54. The van der Waals surface area contributed by atoms with Gasteiger partial charge < -0.3 is 0 Å². The van der Waals surface area contributed by atoms with Gasteiger partial charge in [-0.3, -0.25) is 4.72 Å². The van der Waals surface area contributed by atoms with Crippen LogP contribution in [0.4, 0.5) is 5.82 Å². The molecule has 0 aliphatic rings. The summed E-state index contributed by atoms with van der Waals surface area (Å²) in [6, 6.07) is 18.2. The van der Waals surface area contributed by atoms with Crippen LogP contribution in [0.1, 0.15) is 16.7 Å². The molecule has 0 spiro atoms. The lowest BCUT2D eigenvalue weighted by atomic mass is 10.0. The number of sulfonamides is 1. The smallest absolute Gasteiger partial charge is 0.263 e. The van der Waals surface area contributed by atoms with Crippen LogP contribution >= 0.6 is 0 Å². The predicted octanol–water partition coefficient (Wildman–Crippen LogP) is 4.47. The van der Waals surface area contributed by atoms with Crippen molar-refractivity contribution in [2.75, 3.05) is 4.72 Å². The number of anilines is 1. The van der Waals surface area contributed by atoms with Gasteiger partial charge in [-0.1, -0.05) is 35.4 Å². The van der Waals surface area contributed by atoms with E-state index in [0.717, 1.165) is 27.9 Å². The van der Waals surface area contributed by atoms with Crippen LogP contribution in [0, 0.1) is 20.8 Å². The van der Waals surface area contributed by atoms with Crippen LogP contribution in [-0.2, 0) is 10.0 Å². The highest BCUT2D eigenvalue weighted by Crippen LogP contribution is 2.24. The molecule has 1 heterocycles. The van der Waals surface area contributed by atoms with Crippen molar-refractivity contribution in [2.24, 2.45) is 0 Å². The lowest BCUT2D eigenvalue weighted by Gasteiger charge is -2.11. The van der Waals surface area contributed by atoms with Crippen molar-refractivity contribution in [3.8, 4) is 11.3 Å². The van der Waals surface area contributed by atoms with Crippen molar-refractivity contribution in [2.45, 2.75) is 25.7 Å². The third-order valence-electron chi connectivity index (χ3n) is 3.78. The van der Waals surface area contributed by atoms with Gasteiger partial charge in [-0.05, 0) is 62.7 Å². The number of nitrogens with one attached hydrogen (secondary N) is 1. The van der Waals surface area contributed by atoms with E-state index in [4.69, 9.17) is 0 Å². The Kier molecular flexibility index (Phi) is 4.59. The standard InChI is InChI=1S/C20H20N2O2S/c1-14-9-15(2)11-17(10-14)19-12-16(3)13-20(21-19)22-25(23,24)18-7-5-4-6-8-18/h4-13H,1-3H3,(H,21,22). The first-order valence-corrected chi connectivity index (χ1v) is 9.47. The van der Waals surface area contributed by atoms with Crippen molar-refractivity contribution in [3.05, 3.63) is 77.4 Å². The van der Waals surface area contributed by atoms with Gasteiger partial charge in [-0.25, -0.2) is 13.4 Å². The molecule has 25 heavy (non-hydrogen) atoms. The molecule has 128 valence electrons. The summed E-state index contributed by atoms with van der Waals surface area (Å²) in [6.07, 6.45) is 0. The lowest BCUT2D eigenvalue weighted by Crippen LogP contribution is -2.14. The molecule has 0 fully saturated rings. The van der Waals surface area contributed by atoms with E-state index in [1.165, 1.54) is 0 Å². The Morgan fingerprint density at radius 3 is 2.04 bits per heavy atom. The van der Waals surface area contributed by atoms with Crippen molar-refractivity contribution in [1.29, 1.82) is 0 Å². The number of aryl methyl sites for hydroxylation is 3. The summed E-state index contributed by atoms with van der Waals surface area (Å²) in [5.41, 5.74) is 4.95. The van der Waals surface area contributed by atoms with Crippen LogP contribution in [0.15, 0.2) is 65.6 Å². The first-order chi connectivity index (χ1) is 11.8. The zero-order valence-corrected chi connectivity index (χ0v) is 15.3. The normalized spacial score (nSPS) is 11.3. The molecule has 0 radical (unpaired) electrons. The minimum Gasteiger partial charge on any atom is -0.263 e. The van der Waals surface area contributed by atoms with Gasteiger partial charge in [0, 0.05) is 5.56 Å². The van der Waals surface area contributed by atoms with Crippen LogP contribution in [0.5, 0.6) is 0 Å². The highest BCUT2D eigenvalue weighted by atomic mass is 32.2. The molecule has 0 saturated carbocycles. The van der Waals surface area contributed by atoms with E-state index < -0.39 is 10.0 Å². The topological polar surface area (TPSA) is 59.1 Å². The van der Waals surface area contributed by atoms with Crippen LogP contribution in [0.3, 0.4) is 0 Å². The summed E-state index contributed by atoms with van der Waals surface area (Å²) in [5.74, 6) is 0.318. The van der Waals surface area contributed by atoms with Crippen molar-refractivity contribution < 1.29 is 8.42 Å². The molecule has 0 saturated heterocycles. The van der Waals surface area contributed by atoms with E-state index in [1.807, 2.05) is 39.0 Å². The maximum absolute atomic E-state index is 12.5. The molecule has 3 rings (SSSR count). The largest absolute Gasteiger partial charge is 0.263 e. The van der Waals surface area contributed by atoms with Gasteiger partial charge in [0.15, 0.2) is 0 Å². The number of aromatic nitrogens is 1. The molecule has 3 aromatic rings. The first kappa shape index (κ1) is 17.2. The molecule has 0 atom stereocenters. The van der Waals surface area contributed by atoms with Crippen molar-refractivity contribution in [1.82, 2.24) is 4.98 Å². The fourth-order valence-electron chi connectivity index (χ4n) is 2.79. The molecule has 0 aliphatic carbocycles. The van der Waals surface area contributed by atoms with Crippen LogP contribution < -0.4 is 4.72 Å². The molecule has 0 amide bonds. The number of benzene rings is 2. The highest BCUT2D eigenvalue weighted by molar-refractivity contribution is 7.92. The Hall–Kier alpha value is -2.66. The number of hydrogen-bond donors (Lipinski definition) is 1. The van der Waals surface area contributed by atoms with Gasteiger partial charge >= 0.3 is 0 Å². The molecular weight excluding hydrogens is 332 g/mol. The van der Waals surface area contributed by atoms with Crippen LogP contribution in [0.25, 0.3) is 11.3 Å². The number of rotatable bonds is 4. The monoisotopic (exact) mass is 352 g/mol. The molecule has 5 heteroatoms. The van der Waals surface area contributed by atoms with Crippen LogP contribution in [-0.4, -0.2) is 13.4 Å². The zero-order chi connectivity index (χ0) is 18.0. The number of pyridine rings is 1. The molecular formula is C20H20N2O2S. The second-order valence-electron chi connectivity index (χ2n) is 6.21. The molecule has 4 nitrogen and oxygen atoms in total. The predicted molar refractivity (Wildman–Crippen MR) is 101 cm³/mol. The van der Waals surface area contributed by atoms with Gasteiger partial charge in [0.2, 0.25) is 0 Å². The van der Waals surface area contributed by atoms with E-state index in [0.29, 0.717) is 5.82 Å². The second kappa shape index (κ2) is 6.69. The van der Waals surface area contributed by atoms with Gasteiger partial charge in [0.05, 0.1) is 10.6 Å². The molecule has 0 unspecified atom stereocenters. The Balaban J connectivity index is 2.00. The van der Waals surface area contributed by atoms with Crippen LogP contribution in [0.2, 0.25) is 0 Å². The summed E-state index contributed by atoms with van der Waals surface area (Å²) in [6.45, 7) is 5.99. The van der Waals surface area contributed by atoms with Gasteiger partial charge in [-0.15, -0.1) is 0 Å². The minimum absolute atomic E-state index is 0.214. The summed E-state index contributed by atoms with van der Waals surface area (Å²) in [7, 11) is -3.66. The van der Waals surface area contributed by atoms with Crippen molar-refractivity contribution in [3.63, 3.8) is 0 Å². The highest BCUT2D eigenvalue weighted by Gasteiger charge is 2.15. The molecule has 2 aromatic carbocycles. The first-order valence-electron chi connectivity index (χ1n) is 7.99. The summed E-state index contributed by atoms with van der Waals surface area (Å²) >= 11 is 0. The van der Waals surface area contributed by atoms with Gasteiger partial charge in [-0.2, -0.15) is 0 Å². The lowest BCUT2D eigenvalue weighted by molar-refractivity contribution is 0.601. The average molecular weight is 352 g/mol. The molecule has 1 N–H and O–H groups in total. The zero-order valence-electron chi connectivity index (χ0n) is 14.4. The summed E-state index contributed by atoms with van der Waals surface area (Å²) in [5, 5.41) is 0. The third kappa shape index (κ3) is 4.06. The van der Waals surface area contributed by atoms with Gasteiger partial charge in [0.25, 0.3) is 10.0 Å². The van der Waals surface area contributed by atoms with E-state index >= 15 is 0 Å². The minimum atomic E-state index is -3.66. The molecule has 0 bridgehead atoms. The fraction of sp³-hybridized carbons (Fsp3) is 0.150. The quantitative estimate of drug-likeness (QED) is 0.753. The molecule has 1 aromatic heterocycles. The van der Waals surface area contributed by atoms with E-state index in [1.54, 1.807) is 36.4 Å². The van der Waals surface area contributed by atoms with E-state index in [9.17, 15) is 8.42 Å². The van der Waals surface area contributed by atoms with E-state index in [-0.39, 0.29) is 4.90 Å². The third-order valence-corrected chi connectivity index (χ3v) is 5.15. The second-order valence-corrected chi connectivity index (χ2v) is 7.89. The van der Waals surface area contributed by atoms with Gasteiger partial charge in [0.1, 0.15) is 5.82 Å². The molecule has 0 aliphatic heterocycles. The maximum atomic E-state index is 12.5. The van der Waals surface area contributed by atoms with E-state index in [2.05, 4.69) is 15.8 Å². The Morgan fingerprint density at radius 1 is 0.800 bits per heavy atom. The maximum Gasteiger partial charge on any atom is 0.263 e. The number of nitrogens with zero attached hydrogens (tertiary/aromatic N) is 1. The summed E-state index contributed by atoms with van der Waals surface area (Å²) < 4.78 is 27.6. The Morgan fingerprint density at radius 2 is 1.40 bits per heavy atom. The Labute approximate surface area is 148 Å². The number of hydrogen-bond acceptors (Lipinski definition) is 3. The SMILES string of the molecule is Cc1cc(C)cc(-c2cc(C)cc(NS(=O)(=O)c3ccccc3)n2)c1. The summed E-state index contributed by atoms with van der Waals surface area (Å²) in [4.78, 5) is 4.72. The fourth-order valence-corrected chi connectivity index (χ4v) is 3.80. The Bertz CT molecular complexity index is 993. The van der Waals surface area contributed by atoms with Crippen molar-refractivity contribution >= 4 is 15.8 Å².